The summed E-state index contributed by atoms with van der Waals surface area (Å²) in [5, 5.41) is 0. The van der Waals surface area contributed by atoms with Crippen molar-refractivity contribution in [2.45, 2.75) is 26.2 Å². The van der Waals surface area contributed by atoms with Crippen LogP contribution in [0.25, 0.3) is 33.4 Å². The molecule has 0 aliphatic heterocycles. The maximum Gasteiger partial charge on any atom is 0.193 e. The fourth-order valence-electron chi connectivity index (χ4n) is 4.60. The summed E-state index contributed by atoms with van der Waals surface area (Å²) in [6, 6.07) is 43.4. The second kappa shape index (κ2) is 10.6. The predicted octanol–water partition coefficient (Wildman–Crippen LogP) is 9.43. The molecule has 0 radical (unpaired) electrons. The van der Waals surface area contributed by atoms with Crippen LogP contribution in [0.5, 0.6) is 0 Å². The molecule has 1 heteroatoms. The van der Waals surface area contributed by atoms with Crippen LogP contribution in [0.4, 0.5) is 0 Å². The number of carbonyl (C=O) groups is 1. The van der Waals surface area contributed by atoms with Crippen LogP contribution in [0.2, 0.25) is 0 Å². The fourth-order valence-corrected chi connectivity index (χ4v) is 4.60. The molecule has 0 saturated carbocycles. The molecule has 0 amide bonds. The van der Waals surface area contributed by atoms with Crippen molar-refractivity contribution in [2.24, 2.45) is 0 Å². The summed E-state index contributed by atoms with van der Waals surface area (Å²) in [7, 11) is 0. The minimum atomic E-state index is 0.0306. The number of benzene rings is 5. The van der Waals surface area contributed by atoms with Crippen LogP contribution in [-0.4, -0.2) is 5.78 Å². The van der Waals surface area contributed by atoms with Crippen molar-refractivity contribution >= 4 is 5.78 Å². The Morgan fingerprint density at radius 2 is 1.03 bits per heavy atom. The van der Waals surface area contributed by atoms with Gasteiger partial charge in [-0.05, 0) is 75.5 Å². The summed E-state index contributed by atoms with van der Waals surface area (Å²) in [6.07, 6.45) is 1.12. The molecule has 0 bridgehead atoms. The minimum absolute atomic E-state index is 0.0306. The normalized spacial score (nSPS) is 11.7. The Morgan fingerprint density at radius 3 is 1.58 bits per heavy atom. The summed E-state index contributed by atoms with van der Waals surface area (Å²) >= 11 is 0. The average molecular weight is 467 g/mol. The lowest BCUT2D eigenvalue weighted by atomic mass is 9.91. The van der Waals surface area contributed by atoms with Gasteiger partial charge in [0.1, 0.15) is 0 Å². The van der Waals surface area contributed by atoms with E-state index in [-0.39, 0.29) is 5.78 Å². The molecule has 5 aromatic carbocycles. The molecule has 0 heterocycles. The van der Waals surface area contributed by atoms with E-state index in [1.807, 2.05) is 66.7 Å². The SMILES string of the molecule is CCC(C)c1ccc(-c2cccc(C(=O)c3cc(-c4ccccc4)cc(-c4ccccc4)c3)c2)cc1. The first-order valence-electron chi connectivity index (χ1n) is 12.6. The lowest BCUT2D eigenvalue weighted by Crippen LogP contribution is -2.02. The van der Waals surface area contributed by atoms with Gasteiger partial charge < -0.3 is 0 Å². The molecule has 0 aliphatic carbocycles. The molecule has 0 aliphatic rings. The second-order valence-electron chi connectivity index (χ2n) is 9.37. The topological polar surface area (TPSA) is 17.1 Å². The van der Waals surface area contributed by atoms with Crippen LogP contribution in [0.1, 0.15) is 47.7 Å². The van der Waals surface area contributed by atoms with Gasteiger partial charge in [-0.15, -0.1) is 0 Å². The van der Waals surface area contributed by atoms with E-state index in [0.29, 0.717) is 17.0 Å². The summed E-state index contributed by atoms with van der Waals surface area (Å²) in [5.41, 5.74) is 9.19. The van der Waals surface area contributed by atoms with E-state index in [4.69, 9.17) is 0 Å². The molecule has 1 nitrogen and oxygen atoms in total. The largest absolute Gasteiger partial charge is 0.289 e. The van der Waals surface area contributed by atoms with Crippen LogP contribution < -0.4 is 0 Å². The van der Waals surface area contributed by atoms with Crippen molar-refractivity contribution in [1.29, 1.82) is 0 Å². The Labute approximate surface area is 214 Å². The molecule has 5 rings (SSSR count). The van der Waals surface area contributed by atoms with Gasteiger partial charge in [-0.1, -0.05) is 117 Å². The summed E-state index contributed by atoms with van der Waals surface area (Å²) in [6.45, 7) is 4.46. The van der Waals surface area contributed by atoms with E-state index in [1.54, 1.807) is 0 Å². The zero-order valence-electron chi connectivity index (χ0n) is 20.8. The van der Waals surface area contributed by atoms with Gasteiger partial charge in [-0.25, -0.2) is 0 Å². The van der Waals surface area contributed by atoms with Gasteiger partial charge in [0.05, 0.1) is 0 Å². The summed E-state index contributed by atoms with van der Waals surface area (Å²) in [5.74, 6) is 0.575. The fraction of sp³-hybridized carbons (Fsp3) is 0.114. The lowest BCUT2D eigenvalue weighted by Gasteiger charge is -2.12. The maximum absolute atomic E-state index is 13.8. The molecule has 0 saturated heterocycles. The smallest absolute Gasteiger partial charge is 0.193 e. The third kappa shape index (κ3) is 5.06. The standard InChI is InChI=1S/C35H30O/c1-3-25(2)26-17-19-29(20-18-26)30-15-10-16-31(21-30)35(36)34-23-32(27-11-6-4-7-12-27)22-33(24-34)28-13-8-5-9-14-28/h4-25H,3H2,1-2H3. The van der Waals surface area contributed by atoms with Gasteiger partial charge in [0.2, 0.25) is 0 Å². The number of hydrogen-bond acceptors (Lipinski definition) is 1. The third-order valence-electron chi connectivity index (χ3n) is 6.96. The highest BCUT2D eigenvalue weighted by atomic mass is 16.1. The molecule has 0 aromatic heterocycles. The number of rotatable bonds is 7. The first-order chi connectivity index (χ1) is 17.6. The molecule has 0 spiro atoms. The van der Waals surface area contributed by atoms with Crippen LogP contribution >= 0.6 is 0 Å². The monoisotopic (exact) mass is 466 g/mol. The van der Waals surface area contributed by atoms with Crippen LogP contribution in [0.3, 0.4) is 0 Å². The van der Waals surface area contributed by atoms with Gasteiger partial charge in [-0.3, -0.25) is 4.79 Å². The maximum atomic E-state index is 13.8. The van der Waals surface area contributed by atoms with E-state index in [9.17, 15) is 4.79 Å². The van der Waals surface area contributed by atoms with Crippen LogP contribution in [-0.2, 0) is 0 Å². The summed E-state index contributed by atoms with van der Waals surface area (Å²) < 4.78 is 0. The highest BCUT2D eigenvalue weighted by molar-refractivity contribution is 6.10. The molecule has 5 aromatic rings. The number of ketones is 1. The first kappa shape index (κ1) is 23.5. The quantitative estimate of drug-likeness (QED) is 0.218. The zero-order chi connectivity index (χ0) is 24.9. The van der Waals surface area contributed by atoms with E-state index in [2.05, 4.69) is 74.5 Å². The molecular weight excluding hydrogens is 436 g/mol. The lowest BCUT2D eigenvalue weighted by molar-refractivity contribution is 0.103. The number of carbonyl (C=O) groups excluding carboxylic acids is 1. The first-order valence-corrected chi connectivity index (χ1v) is 12.6. The van der Waals surface area contributed by atoms with E-state index in [1.165, 1.54) is 5.56 Å². The molecule has 176 valence electrons. The Bertz CT molecular complexity index is 1410. The van der Waals surface area contributed by atoms with Crippen molar-refractivity contribution in [3.8, 4) is 33.4 Å². The van der Waals surface area contributed by atoms with Crippen molar-refractivity contribution in [1.82, 2.24) is 0 Å². The van der Waals surface area contributed by atoms with Gasteiger partial charge in [-0.2, -0.15) is 0 Å². The Balaban J connectivity index is 1.53. The van der Waals surface area contributed by atoms with E-state index in [0.717, 1.165) is 39.8 Å². The Morgan fingerprint density at radius 1 is 0.528 bits per heavy atom. The van der Waals surface area contributed by atoms with Crippen LogP contribution in [0, 0.1) is 0 Å². The van der Waals surface area contributed by atoms with Crippen molar-refractivity contribution in [3.63, 3.8) is 0 Å². The molecule has 1 unspecified atom stereocenters. The molecule has 1 atom stereocenters. The van der Waals surface area contributed by atoms with Crippen molar-refractivity contribution < 1.29 is 4.79 Å². The Hall–Kier alpha value is -4.23. The second-order valence-corrected chi connectivity index (χ2v) is 9.37. The molecular formula is C35H30O. The minimum Gasteiger partial charge on any atom is -0.289 e. The highest BCUT2D eigenvalue weighted by Crippen LogP contribution is 2.30. The van der Waals surface area contributed by atoms with Crippen molar-refractivity contribution in [3.05, 3.63) is 144 Å². The Kier molecular flexibility index (Phi) is 6.91. The zero-order valence-corrected chi connectivity index (χ0v) is 20.8. The van der Waals surface area contributed by atoms with Gasteiger partial charge in [0.15, 0.2) is 5.78 Å². The van der Waals surface area contributed by atoms with Gasteiger partial charge in [0, 0.05) is 11.1 Å². The molecule has 0 fully saturated rings. The van der Waals surface area contributed by atoms with E-state index < -0.39 is 0 Å². The van der Waals surface area contributed by atoms with E-state index >= 15 is 0 Å². The average Bonchev–Trinajstić information content (AvgIpc) is 2.97. The number of hydrogen-bond donors (Lipinski definition) is 0. The van der Waals surface area contributed by atoms with Crippen LogP contribution in [0.15, 0.2) is 127 Å². The third-order valence-corrected chi connectivity index (χ3v) is 6.96. The van der Waals surface area contributed by atoms with Gasteiger partial charge in [0.25, 0.3) is 0 Å². The molecule has 0 N–H and O–H groups in total. The summed E-state index contributed by atoms with van der Waals surface area (Å²) in [4.78, 5) is 13.8. The predicted molar refractivity (Wildman–Crippen MR) is 151 cm³/mol. The van der Waals surface area contributed by atoms with Crippen molar-refractivity contribution in [2.75, 3.05) is 0 Å². The molecule has 36 heavy (non-hydrogen) atoms. The van der Waals surface area contributed by atoms with Gasteiger partial charge >= 0.3 is 0 Å². The highest BCUT2D eigenvalue weighted by Gasteiger charge is 2.14.